The number of anilines is 1. The van der Waals surface area contributed by atoms with E-state index in [2.05, 4.69) is 9.97 Å². The molecule has 0 saturated carbocycles. The van der Waals surface area contributed by atoms with Gasteiger partial charge < -0.3 is 10.1 Å². The van der Waals surface area contributed by atoms with Gasteiger partial charge in [0.15, 0.2) is 29.4 Å². The molecule has 1 atom stereocenters. The van der Waals surface area contributed by atoms with Crippen molar-refractivity contribution in [1.29, 1.82) is 0 Å². The Morgan fingerprint density at radius 1 is 1.04 bits per heavy atom. The molecule has 1 unspecified atom stereocenters. The average Bonchev–Trinajstić information content (AvgIpc) is 2.69. The van der Waals surface area contributed by atoms with E-state index >= 15 is 0 Å². The number of esters is 1. The van der Waals surface area contributed by atoms with Gasteiger partial charge in [-0.3, -0.25) is 14.8 Å². The number of nitrogens with zero attached hydrogens (tertiary/aromatic N) is 2. The van der Waals surface area contributed by atoms with Crippen LogP contribution in [0.2, 0.25) is 0 Å². The van der Waals surface area contributed by atoms with Crippen molar-refractivity contribution in [3.8, 4) is 0 Å². The molecule has 0 radical (unpaired) electrons. The molecule has 144 valence electrons. The van der Waals surface area contributed by atoms with Crippen LogP contribution in [-0.4, -0.2) is 27.9 Å². The van der Waals surface area contributed by atoms with Gasteiger partial charge in [-0.05, 0) is 19.1 Å². The molecule has 3 aromatic rings. The molecular formula is C18H11F4N3O3. The zero-order valence-electron chi connectivity index (χ0n) is 14.2. The molecule has 0 bridgehead atoms. The topological polar surface area (TPSA) is 81.2 Å². The molecule has 0 aliphatic carbocycles. The van der Waals surface area contributed by atoms with Gasteiger partial charge >= 0.3 is 5.97 Å². The first-order valence-corrected chi connectivity index (χ1v) is 7.84. The van der Waals surface area contributed by atoms with Gasteiger partial charge in [0.05, 0.1) is 11.1 Å². The van der Waals surface area contributed by atoms with Crippen molar-refractivity contribution in [2.45, 2.75) is 13.0 Å². The second-order valence-corrected chi connectivity index (χ2v) is 5.61. The number of carbonyl (C=O) groups is 2. The summed E-state index contributed by atoms with van der Waals surface area (Å²) in [4.78, 5) is 32.4. The summed E-state index contributed by atoms with van der Waals surface area (Å²) in [5.74, 6) is -9.07. The fraction of sp³-hybridized carbons (Fsp3) is 0.111. The van der Waals surface area contributed by atoms with Crippen LogP contribution in [0, 0.1) is 23.3 Å². The van der Waals surface area contributed by atoms with E-state index in [1.807, 2.05) is 0 Å². The number of halogens is 4. The maximum absolute atomic E-state index is 13.6. The van der Waals surface area contributed by atoms with Gasteiger partial charge in [-0.2, -0.15) is 0 Å². The van der Waals surface area contributed by atoms with E-state index in [0.717, 1.165) is 6.92 Å². The number of benzene rings is 2. The first-order chi connectivity index (χ1) is 13.3. The Morgan fingerprint density at radius 3 is 2.36 bits per heavy atom. The summed E-state index contributed by atoms with van der Waals surface area (Å²) in [6, 6.07) is 4.54. The second-order valence-electron chi connectivity index (χ2n) is 5.61. The molecule has 0 spiro atoms. The van der Waals surface area contributed by atoms with Crippen molar-refractivity contribution in [3.63, 3.8) is 0 Å². The molecule has 0 saturated heterocycles. The van der Waals surface area contributed by atoms with Gasteiger partial charge in [0.2, 0.25) is 0 Å². The highest BCUT2D eigenvalue weighted by Gasteiger charge is 2.25. The molecule has 1 amide bonds. The number of rotatable bonds is 4. The Bertz CT molecular complexity index is 1060. The summed E-state index contributed by atoms with van der Waals surface area (Å²) in [6.07, 6.45) is 1.25. The number of fused-ring (bicyclic) bond motifs is 1. The number of amides is 1. The summed E-state index contributed by atoms with van der Waals surface area (Å²) in [5, 5.41) is 1.68. The minimum atomic E-state index is -1.78. The fourth-order valence-electron chi connectivity index (χ4n) is 2.34. The standard InChI is InChI=1S/C18H11F4N3O3/c1-8(17(26)25-16-13(21)10(19)7-11(20)14(16)22)28-18(27)9-3-2-4-12-15(9)24-6-5-23-12/h2-8H,1H3,(H,25,26). The van der Waals surface area contributed by atoms with E-state index in [1.165, 1.54) is 24.5 Å². The van der Waals surface area contributed by atoms with Crippen LogP contribution in [0.25, 0.3) is 11.0 Å². The summed E-state index contributed by atoms with van der Waals surface area (Å²) < 4.78 is 58.7. The van der Waals surface area contributed by atoms with Crippen LogP contribution in [0.15, 0.2) is 36.7 Å². The zero-order chi connectivity index (χ0) is 20.4. The fourth-order valence-corrected chi connectivity index (χ4v) is 2.34. The van der Waals surface area contributed by atoms with Gasteiger partial charge in [0, 0.05) is 18.5 Å². The number of ether oxygens (including phenoxy) is 1. The maximum Gasteiger partial charge on any atom is 0.341 e. The molecule has 0 aliphatic rings. The van der Waals surface area contributed by atoms with Crippen LogP contribution in [0.5, 0.6) is 0 Å². The minimum Gasteiger partial charge on any atom is -0.449 e. The van der Waals surface area contributed by atoms with Crippen LogP contribution in [0.1, 0.15) is 17.3 Å². The van der Waals surface area contributed by atoms with Gasteiger partial charge in [0.1, 0.15) is 11.2 Å². The Balaban J connectivity index is 1.79. The van der Waals surface area contributed by atoms with Crippen LogP contribution < -0.4 is 5.32 Å². The molecular weight excluding hydrogens is 382 g/mol. The lowest BCUT2D eigenvalue weighted by Crippen LogP contribution is -2.31. The molecule has 10 heteroatoms. The number of carbonyl (C=O) groups excluding carboxylic acids is 2. The van der Waals surface area contributed by atoms with E-state index in [4.69, 9.17) is 4.74 Å². The molecule has 2 aromatic carbocycles. The average molecular weight is 393 g/mol. The Kier molecular flexibility index (Phi) is 5.21. The van der Waals surface area contributed by atoms with E-state index in [-0.39, 0.29) is 17.1 Å². The van der Waals surface area contributed by atoms with Crippen molar-refractivity contribution >= 4 is 28.6 Å². The molecule has 6 nitrogen and oxygen atoms in total. The minimum absolute atomic E-state index is 0.00528. The largest absolute Gasteiger partial charge is 0.449 e. The lowest BCUT2D eigenvalue weighted by atomic mass is 10.2. The number of hydrogen-bond acceptors (Lipinski definition) is 5. The van der Waals surface area contributed by atoms with Crippen molar-refractivity contribution in [1.82, 2.24) is 9.97 Å². The zero-order valence-corrected chi connectivity index (χ0v) is 14.2. The first kappa shape index (κ1) is 19.2. The monoisotopic (exact) mass is 393 g/mol. The van der Waals surface area contributed by atoms with Crippen molar-refractivity contribution in [2.24, 2.45) is 0 Å². The third kappa shape index (κ3) is 3.61. The van der Waals surface area contributed by atoms with Crippen molar-refractivity contribution in [3.05, 3.63) is 65.5 Å². The normalized spacial score (nSPS) is 11.9. The highest BCUT2D eigenvalue weighted by Crippen LogP contribution is 2.24. The number of hydrogen-bond donors (Lipinski definition) is 1. The van der Waals surface area contributed by atoms with Gasteiger partial charge in [-0.25, -0.2) is 22.4 Å². The molecule has 1 aromatic heterocycles. The van der Waals surface area contributed by atoms with Crippen LogP contribution in [0.3, 0.4) is 0 Å². The van der Waals surface area contributed by atoms with Gasteiger partial charge in [-0.1, -0.05) is 6.07 Å². The summed E-state index contributed by atoms with van der Waals surface area (Å²) in [7, 11) is 0. The van der Waals surface area contributed by atoms with Crippen molar-refractivity contribution in [2.75, 3.05) is 5.32 Å². The summed E-state index contributed by atoms with van der Waals surface area (Å²) in [5.41, 5.74) is -0.666. The van der Waals surface area contributed by atoms with E-state index < -0.39 is 46.9 Å². The first-order valence-electron chi connectivity index (χ1n) is 7.84. The lowest BCUT2D eigenvalue weighted by molar-refractivity contribution is -0.123. The lowest BCUT2D eigenvalue weighted by Gasteiger charge is -2.15. The predicted molar refractivity (Wildman–Crippen MR) is 89.3 cm³/mol. The molecule has 3 rings (SSSR count). The molecule has 0 aliphatic heterocycles. The quantitative estimate of drug-likeness (QED) is 0.418. The Labute approximate surface area is 155 Å². The SMILES string of the molecule is CC(OC(=O)c1cccc2nccnc12)C(=O)Nc1c(F)c(F)cc(F)c1F. The molecule has 1 N–H and O–H groups in total. The summed E-state index contributed by atoms with van der Waals surface area (Å²) >= 11 is 0. The molecule has 28 heavy (non-hydrogen) atoms. The maximum atomic E-state index is 13.6. The highest BCUT2D eigenvalue weighted by molar-refractivity contribution is 6.03. The van der Waals surface area contributed by atoms with E-state index in [1.54, 1.807) is 11.4 Å². The smallest absolute Gasteiger partial charge is 0.341 e. The third-order valence-electron chi connectivity index (χ3n) is 3.73. The van der Waals surface area contributed by atoms with E-state index in [9.17, 15) is 27.2 Å². The number of aromatic nitrogens is 2. The van der Waals surface area contributed by atoms with Crippen molar-refractivity contribution < 1.29 is 31.9 Å². The molecule has 0 fully saturated rings. The highest BCUT2D eigenvalue weighted by atomic mass is 19.2. The number of para-hydroxylation sites is 1. The van der Waals surface area contributed by atoms with Gasteiger partial charge in [-0.15, -0.1) is 0 Å². The van der Waals surface area contributed by atoms with Crippen LogP contribution in [0.4, 0.5) is 23.2 Å². The van der Waals surface area contributed by atoms with E-state index in [0.29, 0.717) is 5.52 Å². The predicted octanol–water partition coefficient (Wildman–Crippen LogP) is 3.37. The van der Waals surface area contributed by atoms with Gasteiger partial charge in [0.25, 0.3) is 5.91 Å². The summed E-state index contributed by atoms with van der Waals surface area (Å²) in [6.45, 7) is 1.12. The number of nitrogens with one attached hydrogen (secondary N) is 1. The van der Waals surface area contributed by atoms with Crippen LogP contribution >= 0.6 is 0 Å². The molecule has 1 heterocycles. The Morgan fingerprint density at radius 2 is 1.68 bits per heavy atom. The third-order valence-corrected chi connectivity index (χ3v) is 3.73. The Hall–Kier alpha value is -3.56. The second kappa shape index (κ2) is 7.59. The van der Waals surface area contributed by atoms with Crippen LogP contribution in [-0.2, 0) is 9.53 Å².